The number of piperidine rings is 1. The molecule has 0 radical (unpaired) electrons. The van der Waals surface area contributed by atoms with Crippen LogP contribution in [0.3, 0.4) is 0 Å². The highest BCUT2D eigenvalue weighted by Crippen LogP contribution is 2.22. The first kappa shape index (κ1) is 21.7. The molecule has 0 aliphatic carbocycles. The third-order valence-corrected chi connectivity index (χ3v) is 5.78. The van der Waals surface area contributed by atoms with Crippen LogP contribution in [0.25, 0.3) is 0 Å². The quantitative estimate of drug-likeness (QED) is 0.410. The standard InChI is InChI=1S/C22H37N5O2/c1-3-23-22(24-10-5-11-25-12-8-20(28)9-13-25)27-16-14-26(15-17-27)19-6-4-7-21(18-19)29-2/h4,6-7,18,20,28H,3,5,8-17H2,1-2H3,(H,23,24). The highest BCUT2D eigenvalue weighted by molar-refractivity contribution is 5.80. The summed E-state index contributed by atoms with van der Waals surface area (Å²) in [6.07, 6.45) is 2.78. The van der Waals surface area contributed by atoms with Crippen molar-refractivity contribution in [1.29, 1.82) is 0 Å². The van der Waals surface area contributed by atoms with E-state index in [4.69, 9.17) is 9.73 Å². The van der Waals surface area contributed by atoms with Gasteiger partial charge in [-0.25, -0.2) is 0 Å². The van der Waals surface area contributed by atoms with Gasteiger partial charge in [0, 0.05) is 64.1 Å². The average Bonchev–Trinajstić information content (AvgIpc) is 2.77. The lowest BCUT2D eigenvalue weighted by molar-refractivity contribution is 0.0824. The fourth-order valence-corrected chi connectivity index (χ4v) is 4.03. The molecule has 1 aromatic carbocycles. The van der Waals surface area contributed by atoms with Crippen LogP contribution in [0.1, 0.15) is 26.2 Å². The molecular formula is C22H37N5O2. The fourth-order valence-electron chi connectivity index (χ4n) is 4.03. The molecule has 2 aliphatic heterocycles. The molecule has 0 amide bonds. The molecule has 2 aliphatic rings. The minimum absolute atomic E-state index is 0.0970. The van der Waals surface area contributed by atoms with Crippen LogP contribution in [0.15, 0.2) is 29.3 Å². The van der Waals surface area contributed by atoms with E-state index in [1.165, 1.54) is 5.69 Å². The molecule has 0 atom stereocenters. The molecule has 162 valence electrons. The Morgan fingerprint density at radius 2 is 1.93 bits per heavy atom. The van der Waals surface area contributed by atoms with Crippen molar-refractivity contribution in [2.45, 2.75) is 32.3 Å². The fraction of sp³-hybridized carbons (Fsp3) is 0.682. The summed E-state index contributed by atoms with van der Waals surface area (Å²) in [5.74, 6) is 1.94. The van der Waals surface area contributed by atoms with Crippen LogP contribution in [0.4, 0.5) is 5.69 Å². The Balaban J connectivity index is 1.46. The van der Waals surface area contributed by atoms with Crippen LogP contribution in [0.5, 0.6) is 5.75 Å². The van der Waals surface area contributed by atoms with E-state index in [1.807, 2.05) is 6.07 Å². The van der Waals surface area contributed by atoms with Crippen molar-refractivity contribution in [3.63, 3.8) is 0 Å². The molecule has 0 aromatic heterocycles. The van der Waals surface area contributed by atoms with Gasteiger partial charge in [-0.3, -0.25) is 4.99 Å². The number of aliphatic hydroxyl groups excluding tert-OH is 1. The molecule has 2 saturated heterocycles. The summed E-state index contributed by atoms with van der Waals surface area (Å²) in [4.78, 5) is 12.1. The van der Waals surface area contributed by atoms with Crippen molar-refractivity contribution in [2.75, 3.05) is 70.9 Å². The third kappa shape index (κ3) is 6.51. The predicted octanol–water partition coefficient (Wildman–Crippen LogP) is 1.63. The third-order valence-electron chi connectivity index (χ3n) is 5.78. The first-order chi connectivity index (χ1) is 14.2. The van der Waals surface area contributed by atoms with Gasteiger partial charge >= 0.3 is 0 Å². The zero-order chi connectivity index (χ0) is 20.5. The van der Waals surface area contributed by atoms with Crippen molar-refractivity contribution in [1.82, 2.24) is 15.1 Å². The monoisotopic (exact) mass is 403 g/mol. The van der Waals surface area contributed by atoms with E-state index in [0.717, 1.165) is 89.9 Å². The number of aliphatic hydroxyl groups is 1. The van der Waals surface area contributed by atoms with E-state index in [-0.39, 0.29) is 6.10 Å². The number of rotatable bonds is 7. The van der Waals surface area contributed by atoms with Crippen LogP contribution in [-0.4, -0.2) is 93.0 Å². The molecule has 0 bridgehead atoms. The van der Waals surface area contributed by atoms with Crippen molar-refractivity contribution in [3.8, 4) is 5.75 Å². The highest BCUT2D eigenvalue weighted by atomic mass is 16.5. The summed E-state index contributed by atoms with van der Waals surface area (Å²) in [6, 6.07) is 8.29. The average molecular weight is 404 g/mol. The van der Waals surface area contributed by atoms with Crippen LogP contribution in [0, 0.1) is 0 Å². The van der Waals surface area contributed by atoms with Crippen LogP contribution in [-0.2, 0) is 0 Å². The topological polar surface area (TPSA) is 63.6 Å². The Morgan fingerprint density at radius 1 is 1.17 bits per heavy atom. The zero-order valence-corrected chi connectivity index (χ0v) is 18.0. The number of methoxy groups -OCH3 is 1. The molecule has 1 aromatic rings. The van der Waals surface area contributed by atoms with E-state index in [2.05, 4.69) is 45.1 Å². The lowest BCUT2D eigenvalue weighted by Crippen LogP contribution is -2.52. The summed E-state index contributed by atoms with van der Waals surface area (Å²) < 4.78 is 5.36. The Bertz CT molecular complexity index is 638. The number of hydrogen-bond donors (Lipinski definition) is 2. The number of hydrogen-bond acceptors (Lipinski definition) is 5. The Hall–Kier alpha value is -1.99. The summed E-state index contributed by atoms with van der Waals surface area (Å²) in [6.45, 7) is 10.8. The number of ether oxygens (including phenoxy) is 1. The van der Waals surface area contributed by atoms with E-state index >= 15 is 0 Å². The summed E-state index contributed by atoms with van der Waals surface area (Å²) in [5, 5.41) is 13.1. The van der Waals surface area contributed by atoms with Gasteiger partial charge < -0.3 is 29.9 Å². The number of benzene rings is 1. The van der Waals surface area contributed by atoms with E-state index < -0.39 is 0 Å². The Morgan fingerprint density at radius 3 is 2.62 bits per heavy atom. The minimum Gasteiger partial charge on any atom is -0.497 e. The number of nitrogens with zero attached hydrogens (tertiary/aromatic N) is 4. The lowest BCUT2D eigenvalue weighted by Gasteiger charge is -2.37. The predicted molar refractivity (Wildman–Crippen MR) is 119 cm³/mol. The molecule has 0 unspecified atom stereocenters. The lowest BCUT2D eigenvalue weighted by atomic mass is 10.1. The number of guanidine groups is 1. The second kappa shape index (κ2) is 11.3. The molecule has 2 heterocycles. The van der Waals surface area contributed by atoms with E-state index in [9.17, 15) is 5.11 Å². The maximum absolute atomic E-state index is 9.62. The van der Waals surface area contributed by atoms with Crippen molar-refractivity contribution >= 4 is 11.6 Å². The van der Waals surface area contributed by atoms with Crippen molar-refractivity contribution < 1.29 is 9.84 Å². The number of piperazine rings is 1. The van der Waals surface area contributed by atoms with Gasteiger partial charge in [0.2, 0.25) is 0 Å². The zero-order valence-electron chi connectivity index (χ0n) is 18.0. The van der Waals surface area contributed by atoms with Gasteiger partial charge in [0.15, 0.2) is 5.96 Å². The largest absolute Gasteiger partial charge is 0.497 e. The first-order valence-electron chi connectivity index (χ1n) is 11.0. The highest BCUT2D eigenvalue weighted by Gasteiger charge is 2.20. The van der Waals surface area contributed by atoms with E-state index in [0.29, 0.717) is 0 Å². The maximum Gasteiger partial charge on any atom is 0.194 e. The van der Waals surface area contributed by atoms with Gasteiger partial charge in [0.25, 0.3) is 0 Å². The summed E-state index contributed by atoms with van der Waals surface area (Å²) in [7, 11) is 1.71. The normalized spacial score (nSPS) is 19.5. The molecule has 0 saturated carbocycles. The molecular weight excluding hydrogens is 366 g/mol. The van der Waals surface area contributed by atoms with Gasteiger partial charge in [-0.05, 0) is 44.9 Å². The molecule has 0 spiro atoms. The van der Waals surface area contributed by atoms with Gasteiger partial charge in [-0.15, -0.1) is 0 Å². The second-order valence-electron chi connectivity index (χ2n) is 7.84. The minimum atomic E-state index is -0.0970. The molecule has 2 N–H and O–H groups in total. The summed E-state index contributed by atoms with van der Waals surface area (Å²) >= 11 is 0. The number of aliphatic imine (C=N–C) groups is 1. The van der Waals surface area contributed by atoms with Gasteiger partial charge in [0.1, 0.15) is 5.75 Å². The number of anilines is 1. The Kier molecular flexibility index (Phi) is 8.43. The first-order valence-corrected chi connectivity index (χ1v) is 11.0. The molecule has 3 rings (SSSR count). The molecule has 7 nitrogen and oxygen atoms in total. The van der Waals surface area contributed by atoms with Gasteiger partial charge in [-0.1, -0.05) is 6.07 Å². The summed E-state index contributed by atoms with van der Waals surface area (Å²) in [5.41, 5.74) is 1.22. The van der Waals surface area contributed by atoms with Crippen molar-refractivity contribution in [2.24, 2.45) is 4.99 Å². The van der Waals surface area contributed by atoms with Crippen molar-refractivity contribution in [3.05, 3.63) is 24.3 Å². The van der Waals surface area contributed by atoms with Crippen LogP contribution in [0.2, 0.25) is 0 Å². The number of nitrogens with one attached hydrogen (secondary N) is 1. The number of likely N-dealkylation sites (tertiary alicyclic amines) is 1. The second-order valence-corrected chi connectivity index (χ2v) is 7.84. The Labute approximate surface area is 175 Å². The van der Waals surface area contributed by atoms with Crippen LogP contribution < -0.4 is 15.0 Å². The maximum atomic E-state index is 9.62. The smallest absolute Gasteiger partial charge is 0.194 e. The van der Waals surface area contributed by atoms with Gasteiger partial charge in [-0.2, -0.15) is 0 Å². The van der Waals surface area contributed by atoms with Crippen LogP contribution >= 0.6 is 0 Å². The molecule has 7 heteroatoms. The molecule has 2 fully saturated rings. The molecule has 29 heavy (non-hydrogen) atoms. The SMILES string of the molecule is CCNC(=NCCCN1CCC(O)CC1)N1CCN(c2cccc(OC)c2)CC1. The van der Waals surface area contributed by atoms with E-state index in [1.54, 1.807) is 7.11 Å². The van der Waals surface area contributed by atoms with Gasteiger partial charge in [0.05, 0.1) is 13.2 Å².